The van der Waals surface area contributed by atoms with Crippen molar-refractivity contribution in [3.8, 4) is 17.2 Å². The predicted molar refractivity (Wildman–Crippen MR) is 86.9 cm³/mol. The van der Waals surface area contributed by atoms with Crippen molar-refractivity contribution in [3.63, 3.8) is 0 Å². The number of ether oxygens (including phenoxy) is 3. The molecule has 0 saturated heterocycles. The topological polar surface area (TPSA) is 57.7 Å². The first-order valence-electron chi connectivity index (χ1n) is 6.93. The standard InChI is InChI=1S/C17H11NO4S/c19-17(22-11-5-6-13-14(9-11)21-10-20-13)8-7-16-18-12-3-1-2-4-15(12)23-16/h1-9H,10H2. The van der Waals surface area contributed by atoms with Crippen LogP contribution in [0.1, 0.15) is 5.01 Å². The molecule has 0 fully saturated rings. The van der Waals surface area contributed by atoms with Crippen molar-refractivity contribution in [3.05, 3.63) is 53.5 Å². The molecule has 0 amide bonds. The van der Waals surface area contributed by atoms with Gasteiger partial charge in [0, 0.05) is 12.1 Å². The second kappa shape index (κ2) is 5.73. The Bertz CT molecular complexity index is 883. The van der Waals surface area contributed by atoms with Crippen LogP contribution in [0.5, 0.6) is 17.2 Å². The van der Waals surface area contributed by atoms with Gasteiger partial charge in [0.25, 0.3) is 0 Å². The average Bonchev–Trinajstić information content (AvgIpc) is 3.18. The van der Waals surface area contributed by atoms with Crippen molar-refractivity contribution in [2.24, 2.45) is 0 Å². The molecule has 0 aliphatic carbocycles. The first-order valence-corrected chi connectivity index (χ1v) is 7.75. The zero-order chi connectivity index (χ0) is 15.6. The van der Waals surface area contributed by atoms with Gasteiger partial charge in [-0.2, -0.15) is 0 Å². The predicted octanol–water partition coefficient (Wildman–Crippen LogP) is 3.64. The Hall–Kier alpha value is -2.86. The van der Waals surface area contributed by atoms with Crippen LogP contribution in [0.3, 0.4) is 0 Å². The number of para-hydroxylation sites is 1. The van der Waals surface area contributed by atoms with E-state index in [1.807, 2.05) is 24.3 Å². The molecule has 0 unspecified atom stereocenters. The van der Waals surface area contributed by atoms with Gasteiger partial charge >= 0.3 is 5.97 Å². The number of carbonyl (C=O) groups excluding carboxylic acids is 1. The van der Waals surface area contributed by atoms with E-state index in [1.54, 1.807) is 24.3 Å². The monoisotopic (exact) mass is 325 g/mol. The van der Waals surface area contributed by atoms with Gasteiger partial charge in [0.15, 0.2) is 11.5 Å². The highest BCUT2D eigenvalue weighted by atomic mass is 32.1. The van der Waals surface area contributed by atoms with Crippen LogP contribution in [-0.2, 0) is 4.79 Å². The smallest absolute Gasteiger partial charge is 0.336 e. The Balaban J connectivity index is 1.47. The Morgan fingerprint density at radius 3 is 2.96 bits per heavy atom. The number of fused-ring (bicyclic) bond motifs is 2. The van der Waals surface area contributed by atoms with Crippen LogP contribution in [-0.4, -0.2) is 17.7 Å². The van der Waals surface area contributed by atoms with Crippen LogP contribution in [0, 0.1) is 0 Å². The fraction of sp³-hybridized carbons (Fsp3) is 0.0588. The third kappa shape index (κ3) is 2.89. The maximum atomic E-state index is 11.9. The van der Waals surface area contributed by atoms with Crippen LogP contribution < -0.4 is 14.2 Å². The quantitative estimate of drug-likeness (QED) is 0.418. The summed E-state index contributed by atoms with van der Waals surface area (Å²) in [5.41, 5.74) is 0.918. The molecular formula is C17H11NO4S. The van der Waals surface area contributed by atoms with E-state index >= 15 is 0 Å². The summed E-state index contributed by atoms with van der Waals surface area (Å²) in [6.07, 6.45) is 3.02. The van der Waals surface area contributed by atoms with Gasteiger partial charge < -0.3 is 14.2 Å². The molecule has 0 atom stereocenters. The number of carbonyl (C=O) groups is 1. The summed E-state index contributed by atoms with van der Waals surface area (Å²) in [5.74, 6) is 1.16. The van der Waals surface area contributed by atoms with Crippen molar-refractivity contribution < 1.29 is 19.0 Å². The lowest BCUT2D eigenvalue weighted by Gasteiger charge is -2.02. The summed E-state index contributed by atoms with van der Waals surface area (Å²) in [6, 6.07) is 12.8. The van der Waals surface area contributed by atoms with E-state index in [0.717, 1.165) is 15.2 Å². The Labute approximate surface area is 135 Å². The second-order valence-corrected chi connectivity index (χ2v) is 5.85. The van der Waals surface area contributed by atoms with Gasteiger partial charge in [-0.25, -0.2) is 9.78 Å². The molecule has 1 aliphatic heterocycles. The zero-order valence-corrected chi connectivity index (χ0v) is 12.7. The van der Waals surface area contributed by atoms with Gasteiger partial charge in [0.05, 0.1) is 10.2 Å². The Morgan fingerprint density at radius 2 is 2.04 bits per heavy atom. The van der Waals surface area contributed by atoms with Crippen LogP contribution in [0.25, 0.3) is 16.3 Å². The fourth-order valence-corrected chi connectivity index (χ4v) is 3.06. The van der Waals surface area contributed by atoms with Crippen molar-refractivity contribution in [2.75, 3.05) is 6.79 Å². The maximum absolute atomic E-state index is 11.9. The van der Waals surface area contributed by atoms with Crippen LogP contribution >= 0.6 is 11.3 Å². The number of rotatable bonds is 3. The van der Waals surface area contributed by atoms with E-state index in [0.29, 0.717) is 17.2 Å². The summed E-state index contributed by atoms with van der Waals surface area (Å²) < 4.78 is 16.8. The number of hydrogen-bond acceptors (Lipinski definition) is 6. The molecule has 114 valence electrons. The van der Waals surface area contributed by atoms with E-state index in [-0.39, 0.29) is 6.79 Å². The third-order valence-corrected chi connectivity index (χ3v) is 4.24. The third-order valence-electron chi connectivity index (χ3n) is 3.23. The summed E-state index contributed by atoms with van der Waals surface area (Å²) in [6.45, 7) is 0.185. The molecule has 1 aliphatic rings. The van der Waals surface area contributed by atoms with Crippen LogP contribution in [0.2, 0.25) is 0 Å². The largest absolute Gasteiger partial charge is 0.454 e. The molecule has 6 heteroatoms. The number of benzene rings is 2. The molecule has 5 nitrogen and oxygen atoms in total. The molecule has 2 aromatic carbocycles. The molecule has 0 bridgehead atoms. The molecule has 0 spiro atoms. The molecule has 0 radical (unpaired) electrons. The van der Waals surface area contributed by atoms with Crippen LogP contribution in [0.15, 0.2) is 48.5 Å². The lowest BCUT2D eigenvalue weighted by Crippen LogP contribution is -2.03. The molecule has 3 aromatic rings. The number of nitrogens with zero attached hydrogens (tertiary/aromatic N) is 1. The highest BCUT2D eigenvalue weighted by Crippen LogP contribution is 2.35. The van der Waals surface area contributed by atoms with Crippen LogP contribution in [0.4, 0.5) is 0 Å². The number of esters is 1. The van der Waals surface area contributed by atoms with Gasteiger partial charge in [-0.3, -0.25) is 0 Å². The van der Waals surface area contributed by atoms with E-state index in [9.17, 15) is 4.79 Å². The SMILES string of the molecule is O=C(C=Cc1nc2ccccc2s1)Oc1ccc2c(c1)OCO2. The summed E-state index contributed by atoms with van der Waals surface area (Å²) >= 11 is 1.52. The maximum Gasteiger partial charge on any atom is 0.336 e. The molecule has 23 heavy (non-hydrogen) atoms. The number of aromatic nitrogens is 1. The average molecular weight is 325 g/mol. The summed E-state index contributed by atoms with van der Waals surface area (Å²) in [5, 5.41) is 0.758. The first kappa shape index (κ1) is 13.8. The molecule has 2 heterocycles. The van der Waals surface area contributed by atoms with E-state index in [2.05, 4.69) is 4.98 Å². The van der Waals surface area contributed by atoms with Crippen molar-refractivity contribution in [1.29, 1.82) is 0 Å². The first-order chi connectivity index (χ1) is 11.3. The van der Waals surface area contributed by atoms with Gasteiger partial charge in [0.2, 0.25) is 6.79 Å². The fourth-order valence-electron chi connectivity index (χ4n) is 2.19. The number of hydrogen-bond donors (Lipinski definition) is 0. The lowest BCUT2D eigenvalue weighted by molar-refractivity contribution is -0.128. The highest BCUT2D eigenvalue weighted by molar-refractivity contribution is 7.19. The van der Waals surface area contributed by atoms with Gasteiger partial charge in [-0.15, -0.1) is 11.3 Å². The van der Waals surface area contributed by atoms with Crippen molar-refractivity contribution in [2.45, 2.75) is 0 Å². The molecule has 0 N–H and O–H groups in total. The van der Waals surface area contributed by atoms with Gasteiger partial charge in [-0.1, -0.05) is 12.1 Å². The summed E-state index contributed by atoms with van der Waals surface area (Å²) in [7, 11) is 0. The molecule has 1 aromatic heterocycles. The minimum atomic E-state index is -0.469. The minimum absolute atomic E-state index is 0.185. The molecule has 4 rings (SSSR count). The van der Waals surface area contributed by atoms with E-state index in [4.69, 9.17) is 14.2 Å². The zero-order valence-electron chi connectivity index (χ0n) is 11.9. The van der Waals surface area contributed by atoms with Gasteiger partial charge in [0.1, 0.15) is 10.8 Å². The van der Waals surface area contributed by atoms with Crippen molar-refractivity contribution >= 4 is 33.6 Å². The Kier molecular flexibility index (Phi) is 3.44. The molecular weight excluding hydrogens is 314 g/mol. The van der Waals surface area contributed by atoms with E-state index < -0.39 is 5.97 Å². The van der Waals surface area contributed by atoms with Crippen molar-refractivity contribution in [1.82, 2.24) is 4.98 Å². The second-order valence-electron chi connectivity index (χ2n) is 4.79. The molecule has 0 saturated carbocycles. The normalized spacial score (nSPS) is 12.9. The summed E-state index contributed by atoms with van der Waals surface area (Å²) in [4.78, 5) is 16.3. The minimum Gasteiger partial charge on any atom is -0.454 e. The highest BCUT2D eigenvalue weighted by Gasteiger charge is 2.14. The lowest BCUT2D eigenvalue weighted by atomic mass is 10.3. The Morgan fingerprint density at radius 1 is 1.17 bits per heavy atom. The number of thiazole rings is 1. The van der Waals surface area contributed by atoms with Gasteiger partial charge in [-0.05, 0) is 30.3 Å². The van der Waals surface area contributed by atoms with E-state index in [1.165, 1.54) is 17.4 Å².